The number of aryl methyl sites for hydroxylation is 2. The van der Waals surface area contributed by atoms with E-state index in [1.807, 2.05) is 14.0 Å². The molecule has 4 heterocycles. The average Bonchev–Trinajstić information content (AvgIpc) is 3.14. The first kappa shape index (κ1) is 24.0. The van der Waals surface area contributed by atoms with E-state index in [0.29, 0.717) is 28.7 Å². The fraction of sp³-hybridized carbons (Fsp3) is 0.227. The summed E-state index contributed by atoms with van der Waals surface area (Å²) in [5.74, 6) is 1.06. The first-order valence-electron chi connectivity index (χ1n) is 10.4. The minimum Gasteiger partial charge on any atom is -0.325 e. The Kier molecular flexibility index (Phi) is 6.35. The molecule has 0 saturated carbocycles. The topological polar surface area (TPSA) is 131 Å². The van der Waals surface area contributed by atoms with Gasteiger partial charge in [0.2, 0.25) is 10.0 Å². The van der Waals surface area contributed by atoms with Crippen LogP contribution in [0.4, 0.5) is 33.3 Å². The van der Waals surface area contributed by atoms with E-state index in [0.717, 1.165) is 33.6 Å². The molecule has 0 radical (unpaired) electrons. The normalized spacial score (nSPS) is 11.4. The standard InChI is InChI=1S/C22H24FN9O2S/c1-13-6-19(24-11-17(13)23)29-20-8-21(27-12-26-20)30-22-18(32(4)35(5,33)34)7-15(9-25-22)16-10-28-31(3)14(16)2/h6-12H,1-5H3,(H2,24,25,26,27,29,30). The largest absolute Gasteiger partial charge is 0.325 e. The maximum Gasteiger partial charge on any atom is 0.232 e. The number of sulfonamides is 1. The first-order chi connectivity index (χ1) is 16.5. The second-order valence-corrected chi connectivity index (χ2v) is 9.96. The molecule has 0 aliphatic carbocycles. The number of anilines is 5. The third kappa shape index (κ3) is 5.19. The lowest BCUT2D eigenvalue weighted by atomic mass is 10.1. The molecule has 4 aromatic rings. The Hall–Kier alpha value is -4.13. The van der Waals surface area contributed by atoms with Crippen LogP contribution in [0.3, 0.4) is 0 Å². The Morgan fingerprint density at radius 2 is 1.63 bits per heavy atom. The van der Waals surface area contributed by atoms with Crippen molar-refractivity contribution >= 4 is 39.0 Å². The highest BCUT2D eigenvalue weighted by atomic mass is 32.2. The zero-order valence-corrected chi connectivity index (χ0v) is 20.6. The summed E-state index contributed by atoms with van der Waals surface area (Å²) < 4.78 is 41.1. The van der Waals surface area contributed by atoms with Crippen molar-refractivity contribution in [3.63, 3.8) is 0 Å². The quantitative estimate of drug-likeness (QED) is 0.395. The zero-order chi connectivity index (χ0) is 25.3. The summed E-state index contributed by atoms with van der Waals surface area (Å²) in [5.41, 5.74) is 3.24. The third-order valence-electron chi connectivity index (χ3n) is 5.47. The van der Waals surface area contributed by atoms with Gasteiger partial charge in [0.05, 0.1) is 24.3 Å². The van der Waals surface area contributed by atoms with Crippen molar-refractivity contribution in [3.05, 3.63) is 60.2 Å². The lowest BCUT2D eigenvalue weighted by molar-refractivity contribution is 0.600. The van der Waals surface area contributed by atoms with Crippen molar-refractivity contribution in [2.45, 2.75) is 13.8 Å². The molecule has 35 heavy (non-hydrogen) atoms. The van der Waals surface area contributed by atoms with Crippen molar-refractivity contribution in [1.29, 1.82) is 0 Å². The molecule has 4 rings (SSSR count). The van der Waals surface area contributed by atoms with Gasteiger partial charge < -0.3 is 10.6 Å². The van der Waals surface area contributed by atoms with Crippen molar-refractivity contribution < 1.29 is 12.8 Å². The number of aromatic nitrogens is 6. The summed E-state index contributed by atoms with van der Waals surface area (Å²) in [6.45, 7) is 3.55. The van der Waals surface area contributed by atoms with E-state index >= 15 is 0 Å². The Morgan fingerprint density at radius 1 is 0.943 bits per heavy atom. The first-order valence-corrected chi connectivity index (χ1v) is 12.3. The van der Waals surface area contributed by atoms with Crippen molar-refractivity contribution in [2.24, 2.45) is 7.05 Å². The second-order valence-electron chi connectivity index (χ2n) is 7.95. The lowest BCUT2D eigenvalue weighted by Gasteiger charge is -2.21. The Morgan fingerprint density at radius 3 is 2.26 bits per heavy atom. The van der Waals surface area contributed by atoms with Gasteiger partial charge in [0.1, 0.15) is 29.6 Å². The summed E-state index contributed by atoms with van der Waals surface area (Å²) in [6, 6.07) is 4.89. The van der Waals surface area contributed by atoms with Gasteiger partial charge in [-0.1, -0.05) is 0 Å². The fourth-order valence-corrected chi connectivity index (χ4v) is 3.75. The molecule has 0 amide bonds. The SMILES string of the molecule is Cc1cc(Nc2cc(Nc3ncc(-c4cnn(C)c4C)cc3N(C)S(C)(=O)=O)ncn2)ncc1F. The number of halogens is 1. The Bertz CT molecular complexity index is 1500. The molecule has 2 N–H and O–H groups in total. The summed E-state index contributed by atoms with van der Waals surface area (Å²) >= 11 is 0. The van der Waals surface area contributed by atoms with Gasteiger partial charge in [-0.3, -0.25) is 8.99 Å². The Labute approximate surface area is 202 Å². The van der Waals surface area contributed by atoms with Gasteiger partial charge in [0.15, 0.2) is 5.82 Å². The summed E-state index contributed by atoms with van der Waals surface area (Å²) in [7, 11) is -0.303. The van der Waals surface area contributed by atoms with Crippen LogP contribution in [0.25, 0.3) is 11.1 Å². The third-order valence-corrected chi connectivity index (χ3v) is 6.66. The minimum absolute atomic E-state index is 0.281. The second kappa shape index (κ2) is 9.25. The molecule has 11 nitrogen and oxygen atoms in total. The van der Waals surface area contributed by atoms with Crippen LogP contribution in [-0.4, -0.2) is 51.4 Å². The van der Waals surface area contributed by atoms with Crippen LogP contribution in [0.1, 0.15) is 11.3 Å². The molecule has 4 aromatic heterocycles. The smallest absolute Gasteiger partial charge is 0.232 e. The number of nitrogens with zero attached hydrogens (tertiary/aromatic N) is 7. The van der Waals surface area contributed by atoms with Gasteiger partial charge in [-0.15, -0.1) is 0 Å². The van der Waals surface area contributed by atoms with Crippen molar-refractivity contribution in [2.75, 3.05) is 28.2 Å². The summed E-state index contributed by atoms with van der Waals surface area (Å²) in [4.78, 5) is 16.8. The molecule has 0 bridgehead atoms. The Balaban J connectivity index is 1.68. The highest BCUT2D eigenvalue weighted by Crippen LogP contribution is 2.33. The molecule has 0 atom stereocenters. The van der Waals surface area contributed by atoms with E-state index in [-0.39, 0.29) is 5.82 Å². The molecule has 182 valence electrons. The highest BCUT2D eigenvalue weighted by molar-refractivity contribution is 7.92. The van der Waals surface area contributed by atoms with Gasteiger partial charge in [-0.05, 0) is 31.5 Å². The predicted molar refractivity (Wildman–Crippen MR) is 132 cm³/mol. The van der Waals surface area contributed by atoms with Crippen LogP contribution in [0, 0.1) is 19.7 Å². The number of nitrogens with one attached hydrogen (secondary N) is 2. The van der Waals surface area contributed by atoms with Crippen molar-refractivity contribution in [1.82, 2.24) is 29.7 Å². The van der Waals surface area contributed by atoms with Gasteiger partial charge in [0.25, 0.3) is 0 Å². The van der Waals surface area contributed by atoms with Gasteiger partial charge >= 0.3 is 0 Å². The summed E-state index contributed by atoms with van der Waals surface area (Å²) in [6.07, 6.45) is 6.91. The summed E-state index contributed by atoms with van der Waals surface area (Å²) in [5, 5.41) is 10.3. The van der Waals surface area contributed by atoms with Crippen LogP contribution < -0.4 is 14.9 Å². The average molecular weight is 498 g/mol. The highest BCUT2D eigenvalue weighted by Gasteiger charge is 2.20. The van der Waals surface area contributed by atoms with Gasteiger partial charge in [0, 0.05) is 43.2 Å². The lowest BCUT2D eigenvalue weighted by Crippen LogP contribution is -2.26. The molecular formula is C22H24FN9O2S. The van der Waals surface area contributed by atoms with Crippen LogP contribution in [0.5, 0.6) is 0 Å². The molecule has 0 aliphatic rings. The molecule has 0 aromatic carbocycles. The minimum atomic E-state index is -3.58. The molecule has 13 heteroatoms. The van der Waals surface area contributed by atoms with E-state index in [4.69, 9.17) is 0 Å². The molecule has 0 unspecified atom stereocenters. The molecule has 0 saturated heterocycles. The predicted octanol–water partition coefficient (Wildman–Crippen LogP) is 3.31. The fourth-order valence-electron chi connectivity index (χ4n) is 3.25. The number of hydrogen-bond acceptors (Lipinski definition) is 9. The van der Waals surface area contributed by atoms with E-state index in [1.165, 1.54) is 13.4 Å². The molecule has 0 spiro atoms. The van der Waals surface area contributed by atoms with E-state index in [1.54, 1.807) is 42.2 Å². The molecule has 0 aliphatic heterocycles. The number of hydrogen-bond donors (Lipinski definition) is 2. The van der Waals surface area contributed by atoms with Crippen LogP contribution in [0.2, 0.25) is 0 Å². The molecular weight excluding hydrogens is 473 g/mol. The van der Waals surface area contributed by atoms with Crippen LogP contribution >= 0.6 is 0 Å². The maximum atomic E-state index is 13.5. The van der Waals surface area contributed by atoms with Crippen molar-refractivity contribution in [3.8, 4) is 11.1 Å². The van der Waals surface area contributed by atoms with Crippen LogP contribution in [-0.2, 0) is 17.1 Å². The molecule has 0 fully saturated rings. The van der Waals surface area contributed by atoms with E-state index in [2.05, 4.69) is 35.7 Å². The maximum absolute atomic E-state index is 13.5. The van der Waals surface area contributed by atoms with E-state index in [9.17, 15) is 12.8 Å². The van der Waals surface area contributed by atoms with Crippen LogP contribution in [0.15, 0.2) is 43.1 Å². The van der Waals surface area contributed by atoms with Gasteiger partial charge in [-0.2, -0.15) is 5.10 Å². The zero-order valence-electron chi connectivity index (χ0n) is 19.8. The number of rotatable bonds is 7. The van der Waals surface area contributed by atoms with E-state index < -0.39 is 15.8 Å². The monoisotopic (exact) mass is 497 g/mol. The van der Waals surface area contributed by atoms with Gasteiger partial charge in [-0.25, -0.2) is 32.7 Å². The number of pyridine rings is 2.